The first-order valence-electron chi connectivity index (χ1n) is 9.54. The molecule has 0 radical (unpaired) electrons. The molecule has 5 heteroatoms. The minimum absolute atomic E-state index is 0.699. The van der Waals surface area contributed by atoms with Gasteiger partial charge in [0.1, 0.15) is 5.75 Å². The zero-order valence-corrected chi connectivity index (χ0v) is 18.7. The number of nitrogens with one attached hydrogen (secondary N) is 2. The van der Waals surface area contributed by atoms with E-state index in [9.17, 15) is 0 Å². The van der Waals surface area contributed by atoms with Crippen LogP contribution in [0.25, 0.3) is 10.9 Å². The lowest BCUT2D eigenvalue weighted by molar-refractivity contribution is 0.307. The van der Waals surface area contributed by atoms with Crippen molar-refractivity contribution in [3.63, 3.8) is 0 Å². The zero-order chi connectivity index (χ0) is 18.8. The fourth-order valence-electron chi connectivity index (χ4n) is 3.96. The molecule has 3 nitrogen and oxygen atoms in total. The lowest BCUT2D eigenvalue weighted by Crippen LogP contribution is -2.16. The summed E-state index contributed by atoms with van der Waals surface area (Å²) in [5.74, 6) is 0.889. The van der Waals surface area contributed by atoms with Crippen molar-refractivity contribution in [2.24, 2.45) is 0 Å². The van der Waals surface area contributed by atoms with E-state index in [1.54, 1.807) is 0 Å². The molecule has 0 bridgehead atoms. The van der Waals surface area contributed by atoms with Gasteiger partial charge in [-0.15, -0.1) is 0 Å². The predicted octanol–water partition coefficient (Wildman–Crippen LogP) is 5.70. The van der Waals surface area contributed by atoms with Crippen molar-refractivity contribution in [2.45, 2.75) is 32.6 Å². The van der Waals surface area contributed by atoms with Crippen LogP contribution < -0.4 is 10.1 Å². The average molecular weight is 492 g/mol. The van der Waals surface area contributed by atoms with E-state index >= 15 is 0 Å². The summed E-state index contributed by atoms with van der Waals surface area (Å²) in [4.78, 5) is 3.65. The molecule has 1 aliphatic heterocycles. The minimum Gasteiger partial charge on any atom is -0.491 e. The van der Waals surface area contributed by atoms with Gasteiger partial charge in [0.15, 0.2) is 0 Å². The van der Waals surface area contributed by atoms with E-state index in [2.05, 4.69) is 79.4 Å². The molecule has 0 fully saturated rings. The molecule has 3 aromatic rings. The summed E-state index contributed by atoms with van der Waals surface area (Å²) in [6, 6.07) is 10.8. The summed E-state index contributed by atoms with van der Waals surface area (Å²) in [6.45, 7) is 4.90. The molecule has 2 N–H and O–H groups in total. The number of ether oxygens (including phenoxy) is 1. The minimum atomic E-state index is 0.699. The van der Waals surface area contributed by atoms with E-state index in [4.69, 9.17) is 4.74 Å². The molecule has 27 heavy (non-hydrogen) atoms. The molecule has 1 aromatic heterocycles. The highest BCUT2D eigenvalue weighted by atomic mass is 79.9. The number of aromatic amines is 1. The number of rotatable bonds is 5. The molecule has 1 aliphatic rings. The Labute approximate surface area is 177 Å². The van der Waals surface area contributed by atoms with E-state index < -0.39 is 0 Å². The molecule has 0 atom stereocenters. The van der Waals surface area contributed by atoms with E-state index in [0.29, 0.717) is 6.61 Å². The molecule has 0 spiro atoms. The van der Waals surface area contributed by atoms with Crippen LogP contribution in [0.1, 0.15) is 28.8 Å². The summed E-state index contributed by atoms with van der Waals surface area (Å²) < 4.78 is 8.06. The summed E-state index contributed by atoms with van der Waals surface area (Å²) in [6.07, 6.45) is 4.20. The van der Waals surface area contributed by atoms with Crippen molar-refractivity contribution < 1.29 is 4.74 Å². The Morgan fingerprint density at radius 1 is 1.07 bits per heavy atom. The Morgan fingerprint density at radius 2 is 1.85 bits per heavy atom. The maximum absolute atomic E-state index is 6.06. The average Bonchev–Trinajstić information content (AvgIpc) is 2.82. The largest absolute Gasteiger partial charge is 0.491 e. The fourth-order valence-corrected chi connectivity index (χ4v) is 5.60. The van der Waals surface area contributed by atoms with Gasteiger partial charge in [0.25, 0.3) is 0 Å². The number of aromatic nitrogens is 1. The van der Waals surface area contributed by atoms with Crippen LogP contribution in [-0.2, 0) is 19.3 Å². The van der Waals surface area contributed by atoms with Crippen molar-refractivity contribution in [2.75, 3.05) is 19.7 Å². The van der Waals surface area contributed by atoms with Gasteiger partial charge in [0.05, 0.1) is 15.6 Å². The van der Waals surface area contributed by atoms with Crippen LogP contribution >= 0.6 is 31.9 Å². The smallest absolute Gasteiger partial charge is 0.147 e. The Morgan fingerprint density at radius 3 is 2.67 bits per heavy atom. The van der Waals surface area contributed by atoms with Crippen LogP contribution in [0.2, 0.25) is 0 Å². The molecule has 2 aromatic carbocycles. The maximum Gasteiger partial charge on any atom is 0.147 e. The Hall–Kier alpha value is -1.30. The van der Waals surface area contributed by atoms with Crippen molar-refractivity contribution >= 4 is 42.8 Å². The number of H-pyrrole nitrogens is 1. The first-order chi connectivity index (χ1) is 13.1. The van der Waals surface area contributed by atoms with Gasteiger partial charge in [-0.05, 0) is 99.5 Å². The monoisotopic (exact) mass is 490 g/mol. The Balaban J connectivity index is 1.47. The zero-order valence-electron chi connectivity index (χ0n) is 15.5. The Kier molecular flexibility index (Phi) is 5.90. The van der Waals surface area contributed by atoms with Gasteiger partial charge in [0, 0.05) is 29.6 Å². The van der Waals surface area contributed by atoms with Crippen LogP contribution in [0.5, 0.6) is 5.75 Å². The molecule has 0 amide bonds. The second kappa shape index (κ2) is 8.38. The van der Waals surface area contributed by atoms with Crippen LogP contribution in [0.3, 0.4) is 0 Å². The van der Waals surface area contributed by atoms with Crippen LogP contribution in [0, 0.1) is 6.92 Å². The van der Waals surface area contributed by atoms with Gasteiger partial charge in [-0.1, -0.05) is 12.1 Å². The third-order valence-corrected chi connectivity index (χ3v) is 6.36. The van der Waals surface area contributed by atoms with E-state index in [-0.39, 0.29) is 0 Å². The van der Waals surface area contributed by atoms with Crippen LogP contribution in [-0.4, -0.2) is 24.7 Å². The number of benzene rings is 2. The molecular formula is C22H24Br2N2O. The highest BCUT2D eigenvalue weighted by molar-refractivity contribution is 9.11. The predicted molar refractivity (Wildman–Crippen MR) is 119 cm³/mol. The SMILES string of the molecule is Cc1cc(Br)c(OCCCc2cccc3[nH]c4c(c23)CCNCC4)c(Br)c1. The van der Waals surface area contributed by atoms with E-state index in [1.807, 2.05) is 0 Å². The summed E-state index contributed by atoms with van der Waals surface area (Å²) >= 11 is 7.21. The van der Waals surface area contributed by atoms with Gasteiger partial charge in [0.2, 0.25) is 0 Å². The lowest BCUT2D eigenvalue weighted by atomic mass is 9.99. The van der Waals surface area contributed by atoms with Crippen molar-refractivity contribution in [3.05, 3.63) is 61.7 Å². The van der Waals surface area contributed by atoms with Gasteiger partial charge in [-0.3, -0.25) is 0 Å². The van der Waals surface area contributed by atoms with Gasteiger partial charge in [-0.25, -0.2) is 0 Å². The van der Waals surface area contributed by atoms with Gasteiger partial charge in [-0.2, -0.15) is 0 Å². The standard InChI is InChI=1S/C22H24Br2N2O/c1-14-12-17(23)22(18(24)13-14)27-11-3-5-15-4-2-6-20-21(15)16-7-9-25-10-8-19(16)26-20/h2,4,6,12-13,25-26H,3,5,7-11H2,1H3. The third-order valence-electron chi connectivity index (χ3n) is 5.19. The normalized spacial score (nSPS) is 14.2. The van der Waals surface area contributed by atoms with Crippen molar-refractivity contribution in [3.8, 4) is 5.75 Å². The lowest BCUT2D eigenvalue weighted by Gasteiger charge is -2.12. The van der Waals surface area contributed by atoms with Crippen molar-refractivity contribution in [1.29, 1.82) is 0 Å². The molecule has 0 saturated carbocycles. The summed E-state index contributed by atoms with van der Waals surface area (Å²) in [5.41, 5.74) is 6.83. The number of fused-ring (bicyclic) bond motifs is 3. The molecule has 2 heterocycles. The summed E-state index contributed by atoms with van der Waals surface area (Å²) in [5, 5.41) is 4.94. The second-order valence-electron chi connectivity index (χ2n) is 7.18. The second-order valence-corrected chi connectivity index (χ2v) is 8.89. The molecule has 0 aliphatic carbocycles. The summed E-state index contributed by atoms with van der Waals surface area (Å²) in [7, 11) is 0. The molecule has 0 unspecified atom stereocenters. The highest BCUT2D eigenvalue weighted by Crippen LogP contribution is 2.35. The fraction of sp³-hybridized carbons (Fsp3) is 0.364. The highest BCUT2D eigenvalue weighted by Gasteiger charge is 2.16. The van der Waals surface area contributed by atoms with Crippen LogP contribution in [0.4, 0.5) is 0 Å². The molecule has 142 valence electrons. The molecule has 4 rings (SSSR count). The van der Waals surface area contributed by atoms with Crippen LogP contribution in [0.15, 0.2) is 39.3 Å². The molecule has 0 saturated heterocycles. The van der Waals surface area contributed by atoms with E-state index in [0.717, 1.165) is 53.5 Å². The number of halogens is 2. The maximum atomic E-state index is 6.06. The van der Waals surface area contributed by atoms with Gasteiger partial charge >= 0.3 is 0 Å². The number of hydrogen-bond donors (Lipinski definition) is 2. The van der Waals surface area contributed by atoms with Gasteiger partial charge < -0.3 is 15.0 Å². The first-order valence-corrected chi connectivity index (χ1v) is 11.1. The van der Waals surface area contributed by atoms with Crippen molar-refractivity contribution in [1.82, 2.24) is 10.3 Å². The number of aryl methyl sites for hydroxylation is 2. The molecular weight excluding hydrogens is 468 g/mol. The topological polar surface area (TPSA) is 37.0 Å². The first kappa shape index (κ1) is 19.0. The quantitative estimate of drug-likeness (QED) is 0.449. The third kappa shape index (κ3) is 4.10. The Bertz CT molecular complexity index is 941. The van der Waals surface area contributed by atoms with E-state index in [1.165, 1.54) is 33.3 Å². The number of hydrogen-bond acceptors (Lipinski definition) is 2.